The highest BCUT2D eigenvalue weighted by atomic mass is 16.3. The molecule has 0 unspecified atom stereocenters. The second-order valence-electron chi connectivity index (χ2n) is 5.01. The summed E-state index contributed by atoms with van der Waals surface area (Å²) in [5.74, 6) is 1.47. The molecule has 0 radical (unpaired) electrons. The van der Waals surface area contributed by atoms with Crippen LogP contribution in [-0.4, -0.2) is 38.5 Å². The van der Waals surface area contributed by atoms with E-state index in [-0.39, 0.29) is 5.91 Å². The molecule has 3 aromatic rings. The molecule has 0 aromatic carbocycles. The minimum absolute atomic E-state index is 0.0553. The highest BCUT2D eigenvalue weighted by molar-refractivity contribution is 5.99. The van der Waals surface area contributed by atoms with Crippen LogP contribution in [0.5, 0.6) is 0 Å². The van der Waals surface area contributed by atoms with Crippen molar-refractivity contribution in [1.29, 1.82) is 0 Å². The summed E-state index contributed by atoms with van der Waals surface area (Å²) in [6.07, 6.45) is 3.24. The zero-order valence-electron chi connectivity index (χ0n) is 12.9. The van der Waals surface area contributed by atoms with Crippen LogP contribution in [0.3, 0.4) is 0 Å². The fourth-order valence-electron chi connectivity index (χ4n) is 2.48. The van der Waals surface area contributed by atoms with Gasteiger partial charge in [-0.2, -0.15) is 5.10 Å². The van der Waals surface area contributed by atoms with Crippen molar-refractivity contribution in [2.45, 2.75) is 20.8 Å². The summed E-state index contributed by atoms with van der Waals surface area (Å²) < 4.78 is 7.30. The molecule has 22 heavy (non-hydrogen) atoms. The van der Waals surface area contributed by atoms with Gasteiger partial charge in [-0.05, 0) is 39.0 Å². The van der Waals surface area contributed by atoms with Gasteiger partial charge in [-0.25, -0.2) is 9.50 Å². The molecule has 3 rings (SSSR count). The van der Waals surface area contributed by atoms with E-state index in [1.54, 1.807) is 21.8 Å². The van der Waals surface area contributed by atoms with E-state index in [1.807, 2.05) is 39.0 Å². The number of nitrogens with zero attached hydrogens (tertiary/aromatic N) is 4. The molecule has 3 aromatic heterocycles. The molecule has 3 heterocycles. The molecule has 6 nitrogen and oxygen atoms in total. The van der Waals surface area contributed by atoms with Crippen molar-refractivity contribution in [3.8, 4) is 11.5 Å². The Morgan fingerprint density at radius 2 is 2.05 bits per heavy atom. The van der Waals surface area contributed by atoms with Crippen molar-refractivity contribution in [2.75, 3.05) is 13.1 Å². The topological polar surface area (TPSA) is 63.6 Å². The van der Waals surface area contributed by atoms with Crippen LogP contribution in [0.1, 0.15) is 30.0 Å². The fraction of sp³-hybridized carbons (Fsp3) is 0.312. The van der Waals surface area contributed by atoms with Crippen molar-refractivity contribution in [3.05, 3.63) is 41.9 Å². The van der Waals surface area contributed by atoms with Gasteiger partial charge in [0.1, 0.15) is 17.0 Å². The molecule has 6 heteroatoms. The molecule has 0 bridgehead atoms. The molecule has 0 saturated carbocycles. The minimum atomic E-state index is -0.0553. The Labute approximate surface area is 128 Å². The first-order valence-corrected chi connectivity index (χ1v) is 7.34. The number of furan rings is 1. The van der Waals surface area contributed by atoms with E-state index in [1.165, 1.54) is 0 Å². The Hall–Kier alpha value is -2.63. The molecule has 0 atom stereocenters. The van der Waals surface area contributed by atoms with E-state index >= 15 is 0 Å². The summed E-state index contributed by atoms with van der Waals surface area (Å²) >= 11 is 0. The highest BCUT2D eigenvalue weighted by Crippen LogP contribution is 2.23. The molecule has 0 aliphatic rings. The van der Waals surface area contributed by atoms with Crippen LogP contribution in [0, 0.1) is 6.92 Å². The van der Waals surface area contributed by atoms with E-state index < -0.39 is 0 Å². The first kappa shape index (κ1) is 14.3. The van der Waals surface area contributed by atoms with E-state index in [4.69, 9.17) is 4.42 Å². The number of carbonyl (C=O) groups is 1. The number of hydrogen-bond donors (Lipinski definition) is 0. The number of aromatic nitrogens is 3. The van der Waals surface area contributed by atoms with Gasteiger partial charge in [-0.3, -0.25) is 4.79 Å². The summed E-state index contributed by atoms with van der Waals surface area (Å²) in [7, 11) is 0. The summed E-state index contributed by atoms with van der Waals surface area (Å²) in [5.41, 5.74) is 1.83. The molecule has 0 fully saturated rings. The van der Waals surface area contributed by atoms with Crippen LogP contribution in [0.4, 0.5) is 0 Å². The average molecular weight is 298 g/mol. The Balaban J connectivity index is 2.11. The molecule has 0 N–H and O–H groups in total. The first-order chi connectivity index (χ1) is 10.7. The lowest BCUT2D eigenvalue weighted by atomic mass is 10.2. The predicted octanol–water partition coefficient (Wildman–Crippen LogP) is 2.78. The number of hydrogen-bond acceptors (Lipinski definition) is 4. The van der Waals surface area contributed by atoms with Crippen molar-refractivity contribution in [1.82, 2.24) is 19.5 Å². The zero-order valence-corrected chi connectivity index (χ0v) is 12.9. The smallest absolute Gasteiger partial charge is 0.259 e. The van der Waals surface area contributed by atoms with Crippen molar-refractivity contribution in [2.24, 2.45) is 0 Å². The number of carbonyl (C=O) groups excluding carboxylic acids is 1. The van der Waals surface area contributed by atoms with Crippen LogP contribution >= 0.6 is 0 Å². The second-order valence-corrected chi connectivity index (χ2v) is 5.01. The van der Waals surface area contributed by atoms with E-state index in [0.717, 1.165) is 11.5 Å². The van der Waals surface area contributed by atoms with Gasteiger partial charge in [0.25, 0.3) is 5.91 Å². The monoisotopic (exact) mass is 298 g/mol. The largest absolute Gasteiger partial charge is 0.460 e. The normalized spacial score (nSPS) is 11.0. The number of fused-ring (bicyclic) bond motifs is 1. The maximum absolute atomic E-state index is 12.5. The zero-order chi connectivity index (χ0) is 15.7. The summed E-state index contributed by atoms with van der Waals surface area (Å²) in [5, 5.41) is 4.32. The third-order valence-corrected chi connectivity index (χ3v) is 3.68. The molecule has 0 aliphatic heterocycles. The molecule has 0 spiro atoms. The van der Waals surface area contributed by atoms with Crippen LogP contribution < -0.4 is 0 Å². The third kappa shape index (κ3) is 2.26. The summed E-state index contributed by atoms with van der Waals surface area (Å²) in [6.45, 7) is 7.11. The quantitative estimate of drug-likeness (QED) is 0.743. The molecular weight excluding hydrogens is 280 g/mol. The van der Waals surface area contributed by atoms with E-state index in [0.29, 0.717) is 30.1 Å². The Bertz CT molecular complexity index is 815. The van der Waals surface area contributed by atoms with Gasteiger partial charge < -0.3 is 9.32 Å². The number of amides is 1. The van der Waals surface area contributed by atoms with Gasteiger partial charge in [-0.15, -0.1) is 0 Å². The van der Waals surface area contributed by atoms with Gasteiger partial charge in [-0.1, -0.05) is 0 Å². The Morgan fingerprint density at radius 1 is 1.27 bits per heavy atom. The SMILES string of the molecule is CCN(CC)C(=O)c1cnn2c(-c3ccc(C)o3)ccnc12. The van der Waals surface area contributed by atoms with Gasteiger partial charge >= 0.3 is 0 Å². The van der Waals surface area contributed by atoms with Crippen LogP contribution in [0.15, 0.2) is 35.0 Å². The number of aryl methyl sites for hydroxylation is 1. The molecule has 1 amide bonds. The summed E-state index contributed by atoms with van der Waals surface area (Å²) in [4.78, 5) is 18.6. The fourth-order valence-corrected chi connectivity index (χ4v) is 2.48. The third-order valence-electron chi connectivity index (χ3n) is 3.68. The van der Waals surface area contributed by atoms with Crippen molar-refractivity contribution >= 4 is 11.6 Å². The van der Waals surface area contributed by atoms with Crippen molar-refractivity contribution in [3.63, 3.8) is 0 Å². The number of rotatable bonds is 4. The van der Waals surface area contributed by atoms with Gasteiger partial charge in [0.15, 0.2) is 11.4 Å². The predicted molar refractivity (Wildman–Crippen MR) is 82.7 cm³/mol. The van der Waals surface area contributed by atoms with Crippen LogP contribution in [0.2, 0.25) is 0 Å². The minimum Gasteiger partial charge on any atom is -0.460 e. The lowest BCUT2D eigenvalue weighted by Crippen LogP contribution is -2.30. The van der Waals surface area contributed by atoms with E-state index in [2.05, 4.69) is 10.1 Å². The molecule has 0 aliphatic carbocycles. The van der Waals surface area contributed by atoms with Gasteiger partial charge in [0.05, 0.1) is 6.20 Å². The Morgan fingerprint density at radius 3 is 2.68 bits per heavy atom. The highest BCUT2D eigenvalue weighted by Gasteiger charge is 2.20. The average Bonchev–Trinajstić information content (AvgIpc) is 3.14. The lowest BCUT2D eigenvalue weighted by Gasteiger charge is -2.17. The Kier molecular flexibility index (Phi) is 3.66. The van der Waals surface area contributed by atoms with Crippen molar-refractivity contribution < 1.29 is 9.21 Å². The lowest BCUT2D eigenvalue weighted by molar-refractivity contribution is 0.0774. The van der Waals surface area contributed by atoms with Gasteiger partial charge in [0.2, 0.25) is 0 Å². The standard InChI is InChI=1S/C16H18N4O2/c1-4-19(5-2)16(21)12-10-18-20-13(8-9-17-15(12)20)14-7-6-11(3)22-14/h6-10H,4-5H2,1-3H3. The second kappa shape index (κ2) is 5.63. The first-order valence-electron chi connectivity index (χ1n) is 7.34. The maximum atomic E-state index is 12.5. The van der Waals surface area contributed by atoms with Crippen LogP contribution in [-0.2, 0) is 0 Å². The molecular formula is C16H18N4O2. The van der Waals surface area contributed by atoms with Crippen LogP contribution in [0.25, 0.3) is 17.1 Å². The summed E-state index contributed by atoms with van der Waals surface area (Å²) in [6, 6.07) is 5.61. The molecule has 114 valence electrons. The molecule has 0 saturated heterocycles. The van der Waals surface area contributed by atoms with E-state index in [9.17, 15) is 4.79 Å². The van der Waals surface area contributed by atoms with Gasteiger partial charge in [0, 0.05) is 19.3 Å². The maximum Gasteiger partial charge on any atom is 0.259 e.